The van der Waals surface area contributed by atoms with Crippen molar-refractivity contribution in [3.8, 4) is 11.5 Å². The molecule has 0 spiro atoms. The lowest BCUT2D eigenvalue weighted by atomic mass is 9.91. The van der Waals surface area contributed by atoms with Crippen molar-refractivity contribution in [1.29, 1.82) is 0 Å². The lowest BCUT2D eigenvalue weighted by Gasteiger charge is -2.36. The van der Waals surface area contributed by atoms with Gasteiger partial charge in [-0.25, -0.2) is 12.8 Å². The van der Waals surface area contributed by atoms with Crippen LogP contribution in [0.4, 0.5) is 4.39 Å². The summed E-state index contributed by atoms with van der Waals surface area (Å²) >= 11 is 0. The van der Waals surface area contributed by atoms with E-state index in [0.717, 1.165) is 11.6 Å². The summed E-state index contributed by atoms with van der Waals surface area (Å²) in [7, 11) is -2.81. The van der Waals surface area contributed by atoms with Crippen molar-refractivity contribution >= 4 is 16.0 Å². The lowest BCUT2D eigenvalue weighted by molar-refractivity contribution is -0.141. The number of carbonyl (C=O) groups excluding carboxylic acids is 1. The number of benzene rings is 2. The first-order valence-electron chi connectivity index (χ1n) is 10.1. The minimum atomic E-state index is -4.06. The van der Waals surface area contributed by atoms with Gasteiger partial charge in [0.2, 0.25) is 10.0 Å². The summed E-state index contributed by atoms with van der Waals surface area (Å²) in [6, 6.07) is 7.58. The van der Waals surface area contributed by atoms with E-state index in [2.05, 4.69) is 0 Å². The summed E-state index contributed by atoms with van der Waals surface area (Å²) in [6.45, 7) is 4.67. The fraction of sp³-hybridized carbons (Fsp3) is 0.409. The predicted octanol–water partition coefficient (Wildman–Crippen LogP) is 3.47. The monoisotopic (exact) mass is 451 g/mol. The maximum Gasteiger partial charge on any atom is 0.307 e. The van der Waals surface area contributed by atoms with Gasteiger partial charge in [-0.2, -0.15) is 4.31 Å². The Morgan fingerprint density at radius 3 is 2.42 bits per heavy atom. The van der Waals surface area contributed by atoms with Crippen LogP contribution in [-0.2, 0) is 26.0 Å². The molecule has 0 aromatic heterocycles. The highest BCUT2D eigenvalue weighted by molar-refractivity contribution is 7.89. The number of rotatable bonds is 8. The molecule has 0 saturated heterocycles. The molecule has 1 aliphatic rings. The minimum absolute atomic E-state index is 0.132. The number of ether oxygens (including phenoxy) is 3. The molecule has 1 atom stereocenters. The molecular weight excluding hydrogens is 425 g/mol. The Kier molecular flexibility index (Phi) is 7.17. The maximum atomic E-state index is 13.7. The second-order valence-electron chi connectivity index (χ2n) is 6.98. The number of halogens is 1. The SMILES string of the molecule is CCOc1cc2c(cc1OCC)C(CC(=O)OC)N(S(=O)(=O)c1cccc(F)c1)CC2. The van der Waals surface area contributed by atoms with E-state index in [4.69, 9.17) is 14.2 Å². The fourth-order valence-corrected chi connectivity index (χ4v) is 5.36. The number of hydrogen-bond donors (Lipinski definition) is 0. The van der Waals surface area contributed by atoms with Crippen molar-refractivity contribution in [2.75, 3.05) is 26.9 Å². The molecule has 1 heterocycles. The maximum absolute atomic E-state index is 13.7. The van der Waals surface area contributed by atoms with Crippen molar-refractivity contribution in [1.82, 2.24) is 4.31 Å². The van der Waals surface area contributed by atoms with E-state index < -0.39 is 27.9 Å². The van der Waals surface area contributed by atoms with E-state index in [1.165, 1.54) is 29.6 Å². The smallest absolute Gasteiger partial charge is 0.307 e. The first-order chi connectivity index (χ1) is 14.8. The lowest BCUT2D eigenvalue weighted by Crippen LogP contribution is -2.41. The van der Waals surface area contributed by atoms with Gasteiger partial charge < -0.3 is 14.2 Å². The number of methoxy groups -OCH3 is 1. The zero-order valence-electron chi connectivity index (χ0n) is 17.8. The number of sulfonamides is 1. The van der Waals surface area contributed by atoms with Crippen LogP contribution >= 0.6 is 0 Å². The number of hydrogen-bond acceptors (Lipinski definition) is 6. The van der Waals surface area contributed by atoms with Crippen molar-refractivity contribution in [2.45, 2.75) is 37.6 Å². The Balaban J connectivity index is 2.11. The fourth-order valence-electron chi connectivity index (χ4n) is 3.73. The van der Waals surface area contributed by atoms with Gasteiger partial charge in [0.1, 0.15) is 5.82 Å². The highest BCUT2D eigenvalue weighted by Gasteiger charge is 2.38. The van der Waals surface area contributed by atoms with E-state index in [9.17, 15) is 17.6 Å². The molecule has 0 bridgehead atoms. The topological polar surface area (TPSA) is 82.1 Å². The molecule has 0 saturated carbocycles. The molecule has 0 fully saturated rings. The van der Waals surface area contributed by atoms with Gasteiger partial charge in [0.15, 0.2) is 11.5 Å². The summed E-state index contributed by atoms with van der Waals surface area (Å²) < 4.78 is 57.9. The third-order valence-corrected chi connectivity index (χ3v) is 7.01. The Morgan fingerprint density at radius 1 is 1.13 bits per heavy atom. The largest absolute Gasteiger partial charge is 0.490 e. The van der Waals surface area contributed by atoms with Crippen molar-refractivity contribution in [3.05, 3.63) is 53.3 Å². The number of carbonyl (C=O) groups is 1. The molecule has 3 rings (SSSR count). The molecule has 0 radical (unpaired) electrons. The number of fused-ring (bicyclic) bond motifs is 1. The summed E-state index contributed by atoms with van der Waals surface area (Å²) in [5.41, 5.74) is 1.51. The first kappa shape index (κ1) is 23.0. The van der Waals surface area contributed by atoms with Crippen LogP contribution in [0.25, 0.3) is 0 Å². The van der Waals surface area contributed by atoms with Gasteiger partial charge >= 0.3 is 5.97 Å². The van der Waals surface area contributed by atoms with Crippen molar-refractivity contribution < 1.29 is 31.8 Å². The first-order valence-corrected chi connectivity index (χ1v) is 11.5. The molecule has 0 amide bonds. The number of nitrogens with zero attached hydrogens (tertiary/aromatic N) is 1. The molecule has 9 heteroatoms. The molecule has 2 aromatic carbocycles. The van der Waals surface area contributed by atoms with Gasteiger partial charge in [-0.05, 0) is 61.7 Å². The van der Waals surface area contributed by atoms with E-state index in [1.807, 2.05) is 19.9 Å². The van der Waals surface area contributed by atoms with E-state index in [0.29, 0.717) is 36.7 Å². The summed E-state index contributed by atoms with van der Waals surface area (Å²) in [5.74, 6) is -0.156. The zero-order chi connectivity index (χ0) is 22.6. The van der Waals surface area contributed by atoms with Crippen LogP contribution in [-0.4, -0.2) is 45.6 Å². The van der Waals surface area contributed by atoms with Gasteiger partial charge in [-0.1, -0.05) is 6.07 Å². The van der Waals surface area contributed by atoms with E-state index in [-0.39, 0.29) is 17.9 Å². The van der Waals surface area contributed by atoms with Gasteiger partial charge in [-0.3, -0.25) is 4.79 Å². The van der Waals surface area contributed by atoms with Crippen LogP contribution in [0.5, 0.6) is 11.5 Å². The highest BCUT2D eigenvalue weighted by Crippen LogP contribution is 2.42. The van der Waals surface area contributed by atoms with Gasteiger partial charge in [-0.15, -0.1) is 0 Å². The van der Waals surface area contributed by atoms with Crippen LogP contribution in [0.3, 0.4) is 0 Å². The minimum Gasteiger partial charge on any atom is -0.490 e. The van der Waals surface area contributed by atoms with Crippen molar-refractivity contribution in [3.63, 3.8) is 0 Å². The average molecular weight is 452 g/mol. The quantitative estimate of drug-likeness (QED) is 0.572. The normalized spacial score (nSPS) is 16.5. The van der Waals surface area contributed by atoms with Crippen LogP contribution < -0.4 is 9.47 Å². The highest BCUT2D eigenvalue weighted by atomic mass is 32.2. The van der Waals surface area contributed by atoms with Gasteiger partial charge in [0, 0.05) is 6.54 Å². The van der Waals surface area contributed by atoms with Crippen LogP contribution in [0.15, 0.2) is 41.3 Å². The predicted molar refractivity (Wildman–Crippen MR) is 112 cm³/mol. The Bertz CT molecular complexity index is 1060. The Labute approximate surface area is 181 Å². The summed E-state index contributed by atoms with van der Waals surface area (Å²) in [4.78, 5) is 12.0. The second-order valence-corrected chi connectivity index (χ2v) is 8.87. The van der Waals surface area contributed by atoms with Crippen LogP contribution in [0.1, 0.15) is 37.4 Å². The molecule has 31 heavy (non-hydrogen) atoms. The molecule has 2 aromatic rings. The Morgan fingerprint density at radius 2 is 1.81 bits per heavy atom. The van der Waals surface area contributed by atoms with E-state index in [1.54, 1.807) is 6.07 Å². The molecule has 1 aliphatic heterocycles. The molecule has 1 unspecified atom stereocenters. The standard InChI is InChI=1S/C22H26FNO6S/c1-4-29-20-11-15-9-10-24(31(26,27)17-8-6-7-16(23)12-17)19(14-22(25)28-3)18(15)13-21(20)30-5-2/h6-8,11-13,19H,4-5,9-10,14H2,1-3H3. The second kappa shape index (κ2) is 9.65. The molecule has 7 nitrogen and oxygen atoms in total. The average Bonchev–Trinajstić information content (AvgIpc) is 2.74. The van der Waals surface area contributed by atoms with Crippen LogP contribution in [0.2, 0.25) is 0 Å². The van der Waals surface area contributed by atoms with Crippen LogP contribution in [0, 0.1) is 5.82 Å². The van der Waals surface area contributed by atoms with Gasteiger partial charge in [0.05, 0.1) is 37.7 Å². The summed E-state index contributed by atoms with van der Waals surface area (Å²) in [5, 5.41) is 0. The third-order valence-electron chi connectivity index (χ3n) is 5.10. The zero-order valence-corrected chi connectivity index (χ0v) is 18.6. The summed E-state index contributed by atoms with van der Waals surface area (Å²) in [6.07, 6.45) is 0.228. The molecule has 0 aliphatic carbocycles. The van der Waals surface area contributed by atoms with E-state index >= 15 is 0 Å². The third kappa shape index (κ3) is 4.83. The Hall–Kier alpha value is -2.65. The van der Waals surface area contributed by atoms with Gasteiger partial charge in [0.25, 0.3) is 0 Å². The molecule has 0 N–H and O–H groups in total. The molecular formula is C22H26FNO6S. The van der Waals surface area contributed by atoms with Crippen molar-refractivity contribution in [2.24, 2.45) is 0 Å². The number of esters is 1. The molecule has 168 valence electrons.